The summed E-state index contributed by atoms with van der Waals surface area (Å²) in [6.45, 7) is 13.0. The highest BCUT2D eigenvalue weighted by atomic mass is 16.5. The van der Waals surface area contributed by atoms with Crippen LogP contribution in [0, 0.1) is 23.7 Å². The molecule has 0 unspecified atom stereocenters. The number of nitrogens with one attached hydrogen (secondary N) is 2. The fraction of sp³-hybridized carbons (Fsp3) is 0.714. The van der Waals surface area contributed by atoms with E-state index in [-0.39, 0.29) is 35.6 Å². The van der Waals surface area contributed by atoms with E-state index in [2.05, 4.69) is 38.3 Å². The zero-order valence-corrected chi connectivity index (χ0v) is 22.8. The Morgan fingerprint density at radius 2 is 1.71 bits per heavy atom. The molecule has 1 aromatic carbocycles. The van der Waals surface area contributed by atoms with Crippen LogP contribution in [0.25, 0.3) is 0 Å². The fourth-order valence-corrected chi connectivity index (χ4v) is 4.04. The third kappa shape index (κ3) is 11.9. The van der Waals surface area contributed by atoms with Crippen molar-refractivity contribution in [2.75, 3.05) is 33.4 Å². The number of ether oxygens (including phenoxy) is 2. The Kier molecular flexibility index (Phi) is 15.3. The van der Waals surface area contributed by atoms with Crippen molar-refractivity contribution in [2.24, 2.45) is 29.4 Å². The van der Waals surface area contributed by atoms with Gasteiger partial charge in [-0.2, -0.15) is 0 Å². The minimum atomic E-state index is -0.132. The van der Waals surface area contributed by atoms with Crippen LogP contribution in [0.1, 0.15) is 77.1 Å². The van der Waals surface area contributed by atoms with Crippen molar-refractivity contribution in [2.45, 2.75) is 72.8 Å². The van der Waals surface area contributed by atoms with Gasteiger partial charge >= 0.3 is 0 Å². The first kappa shape index (κ1) is 30.9. The Morgan fingerprint density at radius 1 is 1.00 bits per heavy atom. The number of nitrogens with two attached hydrogens (primary N) is 1. The van der Waals surface area contributed by atoms with Gasteiger partial charge < -0.3 is 25.8 Å². The molecule has 4 N–H and O–H groups in total. The van der Waals surface area contributed by atoms with E-state index in [9.17, 15) is 9.59 Å². The van der Waals surface area contributed by atoms with E-state index in [1.54, 1.807) is 13.2 Å². The molecule has 1 aromatic rings. The molecule has 2 amide bonds. The van der Waals surface area contributed by atoms with E-state index in [1.807, 2.05) is 25.1 Å². The Hall–Kier alpha value is -2.12. The summed E-state index contributed by atoms with van der Waals surface area (Å²) in [6, 6.07) is 7.25. The van der Waals surface area contributed by atoms with Gasteiger partial charge in [-0.05, 0) is 49.1 Å². The third-order valence-electron chi connectivity index (χ3n) is 6.66. The van der Waals surface area contributed by atoms with Gasteiger partial charge in [-0.1, -0.05) is 53.2 Å². The third-order valence-corrected chi connectivity index (χ3v) is 6.66. The summed E-state index contributed by atoms with van der Waals surface area (Å²) < 4.78 is 10.9. The monoisotopic (exact) mass is 491 g/mol. The lowest BCUT2D eigenvalue weighted by Crippen LogP contribution is -2.39. The zero-order valence-electron chi connectivity index (χ0n) is 22.8. The van der Waals surface area contributed by atoms with Crippen molar-refractivity contribution in [3.8, 4) is 5.75 Å². The summed E-state index contributed by atoms with van der Waals surface area (Å²) >= 11 is 0. The largest absolute Gasteiger partial charge is 0.493 e. The number of carbonyl (C=O) groups excluding carboxylic acids is 2. The van der Waals surface area contributed by atoms with Gasteiger partial charge in [-0.15, -0.1) is 0 Å². The SMILES string of the molecule is CCCCNC(=O)[C@H](C)C[C@H](N)[C@@H](C)C[C@H](CNC(=O)c1ccccc1OCCCOC)C(C)C. The fourth-order valence-electron chi connectivity index (χ4n) is 4.04. The van der Waals surface area contributed by atoms with Crippen LogP contribution in [0.3, 0.4) is 0 Å². The van der Waals surface area contributed by atoms with Crippen LogP contribution in [0.4, 0.5) is 0 Å². The smallest absolute Gasteiger partial charge is 0.255 e. The lowest BCUT2D eigenvalue weighted by atomic mass is 9.82. The predicted molar refractivity (Wildman–Crippen MR) is 143 cm³/mol. The number of unbranched alkanes of at least 4 members (excludes halogenated alkanes) is 1. The molecule has 7 heteroatoms. The first-order valence-corrected chi connectivity index (χ1v) is 13.2. The quantitative estimate of drug-likeness (QED) is 0.264. The lowest BCUT2D eigenvalue weighted by Gasteiger charge is -2.29. The van der Waals surface area contributed by atoms with Gasteiger partial charge in [0.05, 0.1) is 12.2 Å². The number of rotatable bonds is 18. The van der Waals surface area contributed by atoms with Gasteiger partial charge in [0, 0.05) is 45.2 Å². The number of para-hydroxylation sites is 1. The van der Waals surface area contributed by atoms with Crippen molar-refractivity contribution in [1.29, 1.82) is 0 Å². The van der Waals surface area contributed by atoms with Crippen LogP contribution in [-0.2, 0) is 9.53 Å². The van der Waals surface area contributed by atoms with E-state index in [1.165, 1.54) is 0 Å². The summed E-state index contributed by atoms with van der Waals surface area (Å²) in [5, 5.41) is 6.11. The van der Waals surface area contributed by atoms with E-state index in [4.69, 9.17) is 15.2 Å². The van der Waals surface area contributed by atoms with Crippen molar-refractivity contribution in [3.63, 3.8) is 0 Å². The summed E-state index contributed by atoms with van der Waals surface area (Å²) in [6.07, 6.45) is 4.36. The molecule has 1 rings (SSSR count). The summed E-state index contributed by atoms with van der Waals surface area (Å²) in [7, 11) is 1.66. The molecule has 0 saturated carbocycles. The second kappa shape index (κ2) is 17.3. The van der Waals surface area contributed by atoms with Crippen molar-refractivity contribution in [3.05, 3.63) is 29.8 Å². The molecule has 0 radical (unpaired) electrons. The molecule has 0 saturated heterocycles. The molecule has 0 aromatic heterocycles. The van der Waals surface area contributed by atoms with Gasteiger partial charge in [0.25, 0.3) is 5.91 Å². The average Bonchev–Trinajstić information content (AvgIpc) is 2.84. The predicted octanol–water partition coefficient (Wildman–Crippen LogP) is 4.40. The standard InChI is InChI=1S/C28H49N3O4/c1-7-8-14-30-27(32)22(5)18-25(29)21(4)17-23(20(2)3)19-31-28(33)24-12-9-10-13-26(24)35-16-11-15-34-6/h9-10,12-13,20-23,25H,7-8,11,14-19,29H2,1-6H3,(H,30,32)(H,31,33)/t21-,22+,23+,25-/m0/s1. The van der Waals surface area contributed by atoms with Crippen LogP contribution >= 0.6 is 0 Å². The van der Waals surface area contributed by atoms with Crippen LogP contribution in [0.2, 0.25) is 0 Å². The molecule has 0 bridgehead atoms. The van der Waals surface area contributed by atoms with Crippen LogP contribution < -0.4 is 21.1 Å². The van der Waals surface area contributed by atoms with Crippen LogP contribution in [-0.4, -0.2) is 51.3 Å². The highest BCUT2D eigenvalue weighted by molar-refractivity contribution is 5.96. The van der Waals surface area contributed by atoms with Gasteiger partial charge in [-0.3, -0.25) is 9.59 Å². The molecule has 0 aliphatic heterocycles. The van der Waals surface area contributed by atoms with Crippen molar-refractivity contribution >= 4 is 11.8 Å². The molecule has 4 atom stereocenters. The van der Waals surface area contributed by atoms with E-state index >= 15 is 0 Å². The first-order valence-electron chi connectivity index (χ1n) is 13.2. The van der Waals surface area contributed by atoms with Gasteiger partial charge in [0.1, 0.15) is 5.75 Å². The minimum Gasteiger partial charge on any atom is -0.493 e. The number of benzene rings is 1. The molecular formula is C28H49N3O4. The zero-order chi connectivity index (χ0) is 26.2. The second-order valence-electron chi connectivity index (χ2n) is 10.1. The van der Waals surface area contributed by atoms with Gasteiger partial charge in [0.2, 0.25) is 5.91 Å². The second-order valence-corrected chi connectivity index (χ2v) is 10.1. The number of methoxy groups -OCH3 is 1. The van der Waals surface area contributed by atoms with E-state index in [0.717, 1.165) is 32.2 Å². The number of hydrogen-bond acceptors (Lipinski definition) is 5. The Balaban J connectivity index is 2.62. The molecule has 0 spiro atoms. The Labute approximate surface area is 212 Å². The maximum Gasteiger partial charge on any atom is 0.255 e. The molecule has 7 nitrogen and oxygen atoms in total. The van der Waals surface area contributed by atoms with Crippen LogP contribution in [0.15, 0.2) is 24.3 Å². The van der Waals surface area contributed by atoms with Crippen molar-refractivity contribution < 1.29 is 19.1 Å². The average molecular weight is 492 g/mol. The molecular weight excluding hydrogens is 442 g/mol. The molecule has 0 fully saturated rings. The van der Waals surface area contributed by atoms with Gasteiger partial charge in [-0.25, -0.2) is 0 Å². The van der Waals surface area contributed by atoms with Gasteiger partial charge in [0.15, 0.2) is 0 Å². The summed E-state index contributed by atoms with van der Waals surface area (Å²) in [4.78, 5) is 25.3. The molecule has 200 valence electrons. The van der Waals surface area contributed by atoms with Crippen molar-refractivity contribution in [1.82, 2.24) is 10.6 Å². The first-order chi connectivity index (χ1) is 16.7. The highest BCUT2D eigenvalue weighted by Gasteiger charge is 2.25. The molecule has 0 aliphatic carbocycles. The van der Waals surface area contributed by atoms with Crippen LogP contribution in [0.5, 0.6) is 5.75 Å². The highest BCUT2D eigenvalue weighted by Crippen LogP contribution is 2.25. The minimum absolute atomic E-state index is 0.0693. The normalized spacial score (nSPS) is 14.7. The Bertz CT molecular complexity index is 741. The Morgan fingerprint density at radius 3 is 2.37 bits per heavy atom. The molecule has 35 heavy (non-hydrogen) atoms. The number of amides is 2. The maximum atomic E-state index is 12.9. The summed E-state index contributed by atoms with van der Waals surface area (Å²) in [5.41, 5.74) is 7.04. The molecule has 0 aliphatic rings. The number of hydrogen-bond donors (Lipinski definition) is 3. The maximum absolute atomic E-state index is 12.9. The van der Waals surface area contributed by atoms with E-state index < -0.39 is 0 Å². The van der Waals surface area contributed by atoms with E-state index in [0.29, 0.717) is 43.4 Å². The molecule has 0 heterocycles. The number of carbonyl (C=O) groups is 2. The summed E-state index contributed by atoms with van der Waals surface area (Å²) in [5.74, 6) is 1.33. The topological polar surface area (TPSA) is 103 Å². The lowest BCUT2D eigenvalue weighted by molar-refractivity contribution is -0.124.